The standard InChI is InChI=1S/C20H22BrF3O2/c21-19-8-14-4-15(9-19)7-18(6-14,12-19)10-17(25)26-11-13-2-1-3-16(5-13)20(22,23)24/h1-3,5,14-15H,4,6-12H2/t14-,15+,18?,19?. The second-order valence-corrected chi connectivity index (χ2v) is 10.3. The van der Waals surface area contributed by atoms with E-state index in [-0.39, 0.29) is 22.3 Å². The average Bonchev–Trinajstić information content (AvgIpc) is 2.49. The van der Waals surface area contributed by atoms with Gasteiger partial charge in [-0.1, -0.05) is 28.1 Å². The molecule has 4 aliphatic carbocycles. The minimum Gasteiger partial charge on any atom is -0.461 e. The van der Waals surface area contributed by atoms with Gasteiger partial charge in [0.2, 0.25) is 0 Å². The molecule has 5 rings (SSSR count). The molecule has 1 aromatic rings. The Bertz CT molecular complexity index is 701. The topological polar surface area (TPSA) is 26.3 Å². The second-order valence-electron chi connectivity index (χ2n) is 8.65. The van der Waals surface area contributed by atoms with Crippen molar-refractivity contribution in [3.8, 4) is 0 Å². The normalized spacial score (nSPS) is 35.5. The zero-order valence-electron chi connectivity index (χ0n) is 14.4. The molecule has 0 amide bonds. The summed E-state index contributed by atoms with van der Waals surface area (Å²) in [5, 5.41) is 0. The highest BCUT2D eigenvalue weighted by Gasteiger charge is 2.57. The van der Waals surface area contributed by atoms with Gasteiger partial charge in [-0.15, -0.1) is 0 Å². The van der Waals surface area contributed by atoms with Crippen molar-refractivity contribution in [2.75, 3.05) is 0 Å². The SMILES string of the molecule is O=C(CC12C[C@@H]3C[C@@H](CC(Br)(C3)C1)C2)OCc1cccc(C(F)(F)F)c1. The average molecular weight is 431 g/mol. The molecule has 4 aliphatic rings. The maximum atomic E-state index is 12.8. The summed E-state index contributed by atoms with van der Waals surface area (Å²) in [5.41, 5.74) is -0.331. The molecule has 4 bridgehead atoms. The summed E-state index contributed by atoms with van der Waals surface area (Å²) in [5.74, 6) is 1.08. The van der Waals surface area contributed by atoms with E-state index >= 15 is 0 Å². The smallest absolute Gasteiger partial charge is 0.416 e. The Labute approximate surface area is 159 Å². The van der Waals surface area contributed by atoms with Crippen LogP contribution in [0, 0.1) is 17.3 Å². The summed E-state index contributed by atoms with van der Waals surface area (Å²) in [7, 11) is 0. The molecule has 26 heavy (non-hydrogen) atoms. The number of rotatable bonds is 4. The number of benzene rings is 1. The first-order valence-corrected chi connectivity index (χ1v) is 9.95. The van der Waals surface area contributed by atoms with Crippen molar-refractivity contribution in [3.05, 3.63) is 35.4 Å². The summed E-state index contributed by atoms with van der Waals surface area (Å²) >= 11 is 3.93. The highest BCUT2D eigenvalue weighted by atomic mass is 79.9. The van der Waals surface area contributed by atoms with Crippen LogP contribution < -0.4 is 0 Å². The molecule has 2 nitrogen and oxygen atoms in total. The summed E-state index contributed by atoms with van der Waals surface area (Å²) in [4.78, 5) is 12.4. The summed E-state index contributed by atoms with van der Waals surface area (Å²) in [6.45, 7) is -0.106. The lowest BCUT2D eigenvalue weighted by Crippen LogP contribution is -2.53. The molecule has 0 aliphatic heterocycles. The lowest BCUT2D eigenvalue weighted by atomic mass is 9.49. The van der Waals surface area contributed by atoms with Gasteiger partial charge in [0, 0.05) is 4.32 Å². The molecule has 0 radical (unpaired) electrons. The largest absolute Gasteiger partial charge is 0.461 e. The molecule has 0 N–H and O–H groups in total. The van der Waals surface area contributed by atoms with E-state index in [1.54, 1.807) is 6.07 Å². The molecular formula is C20H22BrF3O2. The molecule has 0 spiro atoms. The van der Waals surface area contributed by atoms with E-state index in [4.69, 9.17) is 4.74 Å². The van der Waals surface area contributed by atoms with Gasteiger partial charge in [0.1, 0.15) is 6.61 Å². The number of carbonyl (C=O) groups excluding carboxylic acids is 1. The lowest BCUT2D eigenvalue weighted by molar-refractivity contribution is -0.152. The van der Waals surface area contributed by atoms with Crippen LogP contribution in [0.15, 0.2) is 24.3 Å². The van der Waals surface area contributed by atoms with Crippen molar-refractivity contribution >= 4 is 21.9 Å². The van der Waals surface area contributed by atoms with Gasteiger partial charge < -0.3 is 4.74 Å². The molecule has 0 saturated heterocycles. The van der Waals surface area contributed by atoms with E-state index in [1.807, 2.05) is 0 Å². The fourth-order valence-corrected chi connectivity index (χ4v) is 7.41. The molecule has 0 heterocycles. The minimum absolute atomic E-state index is 0.0124. The third-order valence-electron chi connectivity index (χ3n) is 6.28. The molecule has 4 fully saturated rings. The number of ether oxygens (including phenoxy) is 1. The van der Waals surface area contributed by atoms with Gasteiger partial charge in [0.05, 0.1) is 12.0 Å². The van der Waals surface area contributed by atoms with E-state index in [2.05, 4.69) is 15.9 Å². The van der Waals surface area contributed by atoms with Crippen molar-refractivity contribution < 1.29 is 22.7 Å². The van der Waals surface area contributed by atoms with Crippen LogP contribution in [0.4, 0.5) is 13.2 Å². The molecule has 4 saturated carbocycles. The number of esters is 1. The van der Waals surface area contributed by atoms with Gasteiger partial charge in [0.15, 0.2) is 0 Å². The predicted octanol–water partition coefficient (Wildman–Crippen LogP) is 5.87. The number of hydrogen-bond acceptors (Lipinski definition) is 2. The van der Waals surface area contributed by atoms with E-state index in [0.717, 1.165) is 31.4 Å². The molecule has 4 atom stereocenters. The van der Waals surface area contributed by atoms with Crippen LogP contribution in [0.3, 0.4) is 0 Å². The molecule has 142 valence electrons. The Morgan fingerprint density at radius 1 is 1.19 bits per heavy atom. The van der Waals surface area contributed by atoms with Crippen molar-refractivity contribution in [2.24, 2.45) is 17.3 Å². The summed E-state index contributed by atoms with van der Waals surface area (Å²) < 4.78 is 43.9. The zero-order chi connectivity index (χ0) is 18.6. The predicted molar refractivity (Wildman–Crippen MR) is 94.6 cm³/mol. The van der Waals surface area contributed by atoms with Crippen LogP contribution in [-0.4, -0.2) is 10.3 Å². The third kappa shape index (κ3) is 3.67. The first-order chi connectivity index (χ1) is 12.1. The van der Waals surface area contributed by atoms with Crippen LogP contribution in [0.1, 0.15) is 56.1 Å². The Kier molecular flexibility index (Phi) is 4.41. The third-order valence-corrected chi connectivity index (χ3v) is 7.21. The van der Waals surface area contributed by atoms with Gasteiger partial charge in [-0.3, -0.25) is 4.79 Å². The van der Waals surface area contributed by atoms with Gasteiger partial charge in [0.25, 0.3) is 0 Å². The maximum Gasteiger partial charge on any atom is 0.416 e. The highest BCUT2D eigenvalue weighted by molar-refractivity contribution is 9.10. The highest BCUT2D eigenvalue weighted by Crippen LogP contribution is 2.65. The van der Waals surface area contributed by atoms with E-state index in [0.29, 0.717) is 23.8 Å². The van der Waals surface area contributed by atoms with E-state index in [9.17, 15) is 18.0 Å². The Morgan fingerprint density at radius 3 is 2.50 bits per heavy atom. The Balaban J connectivity index is 1.38. The molecular weight excluding hydrogens is 409 g/mol. The van der Waals surface area contributed by atoms with Crippen LogP contribution in [-0.2, 0) is 22.3 Å². The lowest BCUT2D eigenvalue weighted by Gasteiger charge is -2.60. The first-order valence-electron chi connectivity index (χ1n) is 9.16. The zero-order valence-corrected chi connectivity index (χ0v) is 16.0. The summed E-state index contributed by atoms with van der Waals surface area (Å²) in [6, 6.07) is 4.97. The monoisotopic (exact) mass is 430 g/mol. The number of carbonyl (C=O) groups is 1. The van der Waals surface area contributed by atoms with Gasteiger partial charge in [-0.05, 0) is 73.5 Å². The fraction of sp³-hybridized carbons (Fsp3) is 0.650. The van der Waals surface area contributed by atoms with Crippen LogP contribution in [0.25, 0.3) is 0 Å². The second kappa shape index (κ2) is 6.25. The molecule has 0 aromatic heterocycles. The quantitative estimate of drug-likeness (QED) is 0.440. The Hall–Kier alpha value is -1.04. The molecule has 1 aromatic carbocycles. The summed E-state index contributed by atoms with van der Waals surface area (Å²) in [6.07, 6.45) is 2.83. The van der Waals surface area contributed by atoms with E-state index < -0.39 is 11.7 Å². The maximum absolute atomic E-state index is 12.8. The Morgan fingerprint density at radius 2 is 1.88 bits per heavy atom. The van der Waals surface area contributed by atoms with Gasteiger partial charge in [-0.2, -0.15) is 13.2 Å². The number of hydrogen-bond donors (Lipinski definition) is 0. The van der Waals surface area contributed by atoms with Crippen molar-refractivity contribution in [3.63, 3.8) is 0 Å². The van der Waals surface area contributed by atoms with Gasteiger partial charge >= 0.3 is 12.1 Å². The number of halogens is 4. The van der Waals surface area contributed by atoms with Crippen LogP contribution in [0.2, 0.25) is 0 Å². The molecule has 2 unspecified atom stereocenters. The fourth-order valence-electron chi connectivity index (χ4n) is 5.90. The minimum atomic E-state index is -4.39. The van der Waals surface area contributed by atoms with Crippen molar-refractivity contribution in [1.29, 1.82) is 0 Å². The molecule has 6 heteroatoms. The number of alkyl halides is 4. The van der Waals surface area contributed by atoms with Crippen LogP contribution in [0.5, 0.6) is 0 Å². The van der Waals surface area contributed by atoms with Gasteiger partial charge in [-0.25, -0.2) is 0 Å². The van der Waals surface area contributed by atoms with Crippen LogP contribution >= 0.6 is 15.9 Å². The van der Waals surface area contributed by atoms with E-state index in [1.165, 1.54) is 25.3 Å². The first kappa shape index (κ1) is 18.3. The van der Waals surface area contributed by atoms with Crippen molar-refractivity contribution in [2.45, 2.75) is 62.1 Å². The van der Waals surface area contributed by atoms with Crippen molar-refractivity contribution in [1.82, 2.24) is 0 Å².